The Labute approximate surface area is 212 Å². The lowest BCUT2D eigenvalue weighted by Crippen LogP contribution is -2.45. The van der Waals surface area contributed by atoms with Crippen molar-refractivity contribution in [1.82, 2.24) is 5.32 Å². The number of hydrogen-bond donors (Lipinski definition) is 3. The van der Waals surface area contributed by atoms with Crippen LogP contribution in [-0.2, 0) is 4.79 Å². The summed E-state index contributed by atoms with van der Waals surface area (Å²) in [4.78, 5) is 12.2. The van der Waals surface area contributed by atoms with Gasteiger partial charge in [-0.05, 0) is 38.5 Å². The Bertz CT molecular complexity index is 452. The molecular formula is C30H59NO3. The smallest absolute Gasteiger partial charge is 0.220 e. The van der Waals surface area contributed by atoms with E-state index < -0.39 is 12.1 Å². The van der Waals surface area contributed by atoms with E-state index in [0.29, 0.717) is 12.8 Å². The summed E-state index contributed by atoms with van der Waals surface area (Å²) in [5.41, 5.74) is 0. The Morgan fingerprint density at radius 3 is 1.62 bits per heavy atom. The Morgan fingerprint density at radius 1 is 0.676 bits per heavy atom. The standard InChI is InChI=1S/C30H59NO3/c1-3-5-7-9-11-13-14-15-16-17-18-20-22-24-26-30(34)31-28(27-32)29(33)25-23-21-19-12-10-8-6-4-2/h14-15,28-29,32-33H,3-13,16-27H2,1-2H3,(H,31,34)/b15-14-. The molecule has 0 aromatic heterocycles. The molecule has 4 heteroatoms. The second kappa shape index (κ2) is 26.7. The van der Waals surface area contributed by atoms with E-state index in [1.807, 2.05) is 0 Å². The molecule has 0 aliphatic carbocycles. The van der Waals surface area contributed by atoms with Gasteiger partial charge in [-0.1, -0.05) is 122 Å². The number of unbranched alkanes of at least 4 members (excludes halogenated alkanes) is 17. The third kappa shape index (κ3) is 22.9. The number of nitrogens with one attached hydrogen (secondary N) is 1. The van der Waals surface area contributed by atoms with E-state index in [2.05, 4.69) is 31.3 Å². The molecule has 1 amide bonds. The van der Waals surface area contributed by atoms with Crippen molar-refractivity contribution in [2.75, 3.05) is 6.61 Å². The number of carbonyl (C=O) groups is 1. The molecule has 0 bridgehead atoms. The van der Waals surface area contributed by atoms with Crippen LogP contribution in [0.15, 0.2) is 12.2 Å². The van der Waals surface area contributed by atoms with Crippen LogP contribution < -0.4 is 5.32 Å². The Morgan fingerprint density at radius 2 is 1.12 bits per heavy atom. The summed E-state index contributed by atoms with van der Waals surface area (Å²) in [5, 5.41) is 22.8. The summed E-state index contributed by atoms with van der Waals surface area (Å²) >= 11 is 0. The quantitative estimate of drug-likeness (QED) is 0.0865. The topological polar surface area (TPSA) is 69.6 Å². The van der Waals surface area contributed by atoms with Gasteiger partial charge in [-0.25, -0.2) is 0 Å². The summed E-state index contributed by atoms with van der Waals surface area (Å²) < 4.78 is 0. The molecule has 202 valence electrons. The Kier molecular flexibility index (Phi) is 26.0. The number of rotatable bonds is 26. The first-order valence-electron chi connectivity index (χ1n) is 14.9. The first kappa shape index (κ1) is 33.1. The summed E-state index contributed by atoms with van der Waals surface area (Å²) in [6, 6.07) is -0.532. The fourth-order valence-electron chi connectivity index (χ4n) is 4.41. The monoisotopic (exact) mass is 481 g/mol. The van der Waals surface area contributed by atoms with Gasteiger partial charge in [-0.15, -0.1) is 0 Å². The molecule has 0 aliphatic rings. The maximum atomic E-state index is 12.2. The number of aliphatic hydroxyl groups excluding tert-OH is 2. The van der Waals surface area contributed by atoms with Gasteiger partial charge in [-0.2, -0.15) is 0 Å². The number of allylic oxidation sites excluding steroid dienone is 2. The summed E-state index contributed by atoms with van der Waals surface area (Å²) in [6.07, 6.45) is 29.7. The third-order valence-electron chi connectivity index (χ3n) is 6.78. The summed E-state index contributed by atoms with van der Waals surface area (Å²) in [5.74, 6) is -0.0455. The van der Waals surface area contributed by atoms with Crippen LogP contribution in [0.5, 0.6) is 0 Å². The minimum Gasteiger partial charge on any atom is -0.394 e. The minimum absolute atomic E-state index is 0.0455. The number of amides is 1. The zero-order valence-corrected chi connectivity index (χ0v) is 22.9. The van der Waals surface area contributed by atoms with Crippen molar-refractivity contribution in [2.24, 2.45) is 0 Å². The van der Waals surface area contributed by atoms with Crippen LogP contribution in [0.4, 0.5) is 0 Å². The second-order valence-electron chi connectivity index (χ2n) is 10.2. The zero-order valence-electron chi connectivity index (χ0n) is 22.9. The zero-order chi connectivity index (χ0) is 25.1. The van der Waals surface area contributed by atoms with Gasteiger partial charge in [0, 0.05) is 6.42 Å². The van der Waals surface area contributed by atoms with Crippen molar-refractivity contribution >= 4 is 5.91 Å². The molecule has 0 radical (unpaired) electrons. The Hall–Kier alpha value is -0.870. The van der Waals surface area contributed by atoms with E-state index in [9.17, 15) is 15.0 Å². The fourth-order valence-corrected chi connectivity index (χ4v) is 4.41. The van der Waals surface area contributed by atoms with Gasteiger partial charge >= 0.3 is 0 Å². The number of hydrogen-bond acceptors (Lipinski definition) is 3. The lowest BCUT2D eigenvalue weighted by Gasteiger charge is -2.22. The van der Waals surface area contributed by atoms with Crippen molar-refractivity contribution in [2.45, 2.75) is 167 Å². The summed E-state index contributed by atoms with van der Waals surface area (Å²) in [6.45, 7) is 4.29. The van der Waals surface area contributed by atoms with E-state index in [1.54, 1.807) is 0 Å². The van der Waals surface area contributed by atoms with Crippen LogP contribution in [0, 0.1) is 0 Å². The minimum atomic E-state index is -0.654. The maximum absolute atomic E-state index is 12.2. The van der Waals surface area contributed by atoms with Crippen LogP contribution >= 0.6 is 0 Å². The second-order valence-corrected chi connectivity index (χ2v) is 10.2. The number of aliphatic hydroxyl groups is 2. The first-order valence-corrected chi connectivity index (χ1v) is 14.9. The molecule has 4 nitrogen and oxygen atoms in total. The molecule has 0 fully saturated rings. The average Bonchev–Trinajstić information content (AvgIpc) is 2.84. The fraction of sp³-hybridized carbons (Fsp3) is 0.900. The van der Waals surface area contributed by atoms with E-state index in [1.165, 1.54) is 103 Å². The molecule has 0 heterocycles. The van der Waals surface area contributed by atoms with Gasteiger partial charge in [0.2, 0.25) is 5.91 Å². The molecule has 0 spiro atoms. The predicted octanol–water partition coefficient (Wildman–Crippen LogP) is 8.00. The molecule has 0 rings (SSSR count). The molecule has 0 aliphatic heterocycles. The predicted molar refractivity (Wildman–Crippen MR) is 147 cm³/mol. The van der Waals surface area contributed by atoms with Crippen LogP contribution in [0.1, 0.15) is 155 Å². The summed E-state index contributed by atoms with van der Waals surface area (Å²) in [7, 11) is 0. The highest BCUT2D eigenvalue weighted by Crippen LogP contribution is 2.13. The van der Waals surface area contributed by atoms with Crippen molar-refractivity contribution in [3.05, 3.63) is 12.2 Å². The van der Waals surface area contributed by atoms with E-state index in [0.717, 1.165) is 25.7 Å². The van der Waals surface area contributed by atoms with Gasteiger partial charge in [0.15, 0.2) is 0 Å². The van der Waals surface area contributed by atoms with Crippen molar-refractivity contribution in [3.63, 3.8) is 0 Å². The van der Waals surface area contributed by atoms with E-state index in [-0.39, 0.29) is 12.5 Å². The van der Waals surface area contributed by atoms with Gasteiger partial charge < -0.3 is 15.5 Å². The molecule has 3 N–H and O–H groups in total. The highest BCUT2D eigenvalue weighted by atomic mass is 16.3. The maximum Gasteiger partial charge on any atom is 0.220 e. The lowest BCUT2D eigenvalue weighted by molar-refractivity contribution is -0.123. The van der Waals surface area contributed by atoms with Crippen LogP contribution in [-0.4, -0.2) is 34.9 Å². The largest absolute Gasteiger partial charge is 0.394 e. The molecule has 34 heavy (non-hydrogen) atoms. The van der Waals surface area contributed by atoms with Crippen molar-refractivity contribution in [3.8, 4) is 0 Å². The van der Waals surface area contributed by atoms with Crippen LogP contribution in [0.2, 0.25) is 0 Å². The normalized spacial score (nSPS) is 13.4. The first-order chi connectivity index (χ1) is 16.7. The molecule has 0 aromatic rings. The molecule has 0 saturated carbocycles. The SMILES string of the molecule is CCCCCCC/C=C\CCCCCCCC(=O)NC(CO)C(O)CCCCCCCCCC. The van der Waals surface area contributed by atoms with Gasteiger partial charge in [0.1, 0.15) is 0 Å². The van der Waals surface area contributed by atoms with Crippen LogP contribution in [0.25, 0.3) is 0 Å². The lowest BCUT2D eigenvalue weighted by atomic mass is 10.0. The van der Waals surface area contributed by atoms with Gasteiger partial charge in [-0.3, -0.25) is 4.79 Å². The van der Waals surface area contributed by atoms with Crippen molar-refractivity contribution in [1.29, 1.82) is 0 Å². The van der Waals surface area contributed by atoms with Gasteiger partial charge in [0.25, 0.3) is 0 Å². The molecular weight excluding hydrogens is 422 g/mol. The molecule has 2 unspecified atom stereocenters. The molecule has 0 aromatic carbocycles. The van der Waals surface area contributed by atoms with Crippen molar-refractivity contribution < 1.29 is 15.0 Å². The van der Waals surface area contributed by atoms with E-state index >= 15 is 0 Å². The van der Waals surface area contributed by atoms with E-state index in [4.69, 9.17) is 0 Å². The van der Waals surface area contributed by atoms with Crippen LogP contribution in [0.3, 0.4) is 0 Å². The number of carbonyl (C=O) groups excluding carboxylic acids is 1. The molecule has 0 saturated heterocycles. The van der Waals surface area contributed by atoms with Gasteiger partial charge in [0.05, 0.1) is 18.8 Å². The Balaban J connectivity index is 3.62. The molecule has 2 atom stereocenters. The average molecular weight is 482 g/mol. The highest BCUT2D eigenvalue weighted by Gasteiger charge is 2.19. The third-order valence-corrected chi connectivity index (χ3v) is 6.78. The highest BCUT2D eigenvalue weighted by molar-refractivity contribution is 5.76.